The molecule has 0 radical (unpaired) electrons. The number of benzene rings is 1. The van der Waals surface area contributed by atoms with Gasteiger partial charge in [-0.2, -0.15) is 0 Å². The highest BCUT2D eigenvalue weighted by atomic mass is 14.6. The van der Waals surface area contributed by atoms with Crippen molar-refractivity contribution < 1.29 is 0 Å². The van der Waals surface area contributed by atoms with Crippen molar-refractivity contribution in [3.05, 3.63) is 72.5 Å². The first-order chi connectivity index (χ1) is 7.77. The quantitative estimate of drug-likeness (QED) is 0.740. The van der Waals surface area contributed by atoms with Gasteiger partial charge in [0.1, 0.15) is 0 Å². The van der Waals surface area contributed by atoms with E-state index in [-0.39, 0.29) is 6.04 Å². The molecule has 0 saturated heterocycles. The maximum Gasteiger partial charge on any atom is 0.0336 e. The van der Waals surface area contributed by atoms with Gasteiger partial charge in [-0.05, 0) is 23.8 Å². The van der Waals surface area contributed by atoms with Gasteiger partial charge in [0, 0.05) is 6.04 Å². The van der Waals surface area contributed by atoms with Gasteiger partial charge in [0.15, 0.2) is 0 Å². The van der Waals surface area contributed by atoms with Gasteiger partial charge in [0.25, 0.3) is 0 Å². The Balaban J connectivity index is 2.66. The van der Waals surface area contributed by atoms with Gasteiger partial charge in [-0.15, -0.1) is 0 Å². The molecule has 84 valence electrons. The smallest absolute Gasteiger partial charge is 0.0336 e. The Bertz CT molecular complexity index is 377. The van der Waals surface area contributed by atoms with E-state index in [0.717, 1.165) is 17.6 Å². The fourth-order valence-corrected chi connectivity index (χ4v) is 1.46. The standard InChI is InChI=1S/C14H18N2/c1-2-3-7-12(11-15)10-14(16)13-8-5-4-6-9-13/h2-9,11,14H,1,10,15-16H2/b7-3-,12-11+/t14-/m1/s1. The van der Waals surface area contributed by atoms with Gasteiger partial charge in [0.2, 0.25) is 0 Å². The minimum absolute atomic E-state index is 0.0227. The summed E-state index contributed by atoms with van der Waals surface area (Å²) in [4.78, 5) is 0. The summed E-state index contributed by atoms with van der Waals surface area (Å²) in [6, 6.07) is 9.98. The fourth-order valence-electron chi connectivity index (χ4n) is 1.46. The van der Waals surface area contributed by atoms with Gasteiger partial charge < -0.3 is 11.5 Å². The second-order valence-electron chi connectivity index (χ2n) is 3.56. The minimum atomic E-state index is -0.0227. The molecule has 0 saturated carbocycles. The number of hydrogen-bond donors (Lipinski definition) is 2. The van der Waals surface area contributed by atoms with Crippen LogP contribution in [-0.2, 0) is 0 Å². The zero-order valence-electron chi connectivity index (χ0n) is 9.34. The Morgan fingerprint density at radius 3 is 2.56 bits per heavy atom. The first-order valence-electron chi connectivity index (χ1n) is 5.28. The van der Waals surface area contributed by atoms with E-state index < -0.39 is 0 Å². The van der Waals surface area contributed by atoms with E-state index in [1.807, 2.05) is 42.5 Å². The van der Waals surface area contributed by atoms with Crippen LogP contribution >= 0.6 is 0 Å². The summed E-state index contributed by atoms with van der Waals surface area (Å²) >= 11 is 0. The highest BCUT2D eigenvalue weighted by Crippen LogP contribution is 2.18. The average molecular weight is 214 g/mol. The van der Waals surface area contributed by atoms with Crippen molar-refractivity contribution in [3.8, 4) is 0 Å². The lowest BCUT2D eigenvalue weighted by Crippen LogP contribution is -2.11. The number of nitrogens with two attached hydrogens (primary N) is 2. The lowest BCUT2D eigenvalue weighted by molar-refractivity contribution is 0.723. The van der Waals surface area contributed by atoms with E-state index in [4.69, 9.17) is 11.5 Å². The molecule has 16 heavy (non-hydrogen) atoms. The third-order valence-electron chi connectivity index (χ3n) is 2.34. The summed E-state index contributed by atoms with van der Waals surface area (Å²) < 4.78 is 0. The summed E-state index contributed by atoms with van der Waals surface area (Å²) in [5, 5.41) is 0. The van der Waals surface area contributed by atoms with E-state index in [2.05, 4.69) is 6.58 Å². The Morgan fingerprint density at radius 1 is 1.31 bits per heavy atom. The number of rotatable bonds is 5. The molecule has 2 nitrogen and oxygen atoms in total. The molecular weight excluding hydrogens is 196 g/mol. The first kappa shape index (κ1) is 12.3. The molecule has 1 rings (SSSR count). The average Bonchev–Trinajstić information content (AvgIpc) is 2.35. The summed E-state index contributed by atoms with van der Waals surface area (Å²) in [6.45, 7) is 3.62. The molecule has 4 N–H and O–H groups in total. The van der Waals surface area contributed by atoms with E-state index >= 15 is 0 Å². The maximum absolute atomic E-state index is 6.09. The maximum atomic E-state index is 6.09. The van der Waals surface area contributed by atoms with Crippen LogP contribution in [0.25, 0.3) is 0 Å². The van der Waals surface area contributed by atoms with Crippen LogP contribution in [0.15, 0.2) is 66.9 Å². The molecule has 0 bridgehead atoms. The summed E-state index contributed by atoms with van der Waals surface area (Å²) in [6.07, 6.45) is 7.82. The summed E-state index contributed by atoms with van der Waals surface area (Å²) in [7, 11) is 0. The molecule has 0 aliphatic rings. The zero-order chi connectivity index (χ0) is 11.8. The normalized spacial score (nSPS) is 13.9. The SMILES string of the molecule is C=C/C=C\C(=C/N)C[C@@H](N)c1ccccc1. The van der Waals surface area contributed by atoms with Gasteiger partial charge in [-0.3, -0.25) is 0 Å². The predicted octanol–water partition coefficient (Wildman–Crippen LogP) is 2.66. The summed E-state index contributed by atoms with van der Waals surface area (Å²) in [5.41, 5.74) is 13.8. The third-order valence-corrected chi connectivity index (χ3v) is 2.34. The number of allylic oxidation sites excluding steroid dienone is 3. The van der Waals surface area contributed by atoms with E-state index in [9.17, 15) is 0 Å². The molecule has 0 aromatic heterocycles. The molecular formula is C14H18N2. The number of hydrogen-bond acceptors (Lipinski definition) is 2. The molecule has 0 aliphatic heterocycles. The Hall–Kier alpha value is -1.80. The van der Waals surface area contributed by atoms with Crippen LogP contribution in [0.3, 0.4) is 0 Å². The van der Waals surface area contributed by atoms with Crippen molar-refractivity contribution in [3.63, 3.8) is 0 Å². The van der Waals surface area contributed by atoms with Crippen LogP contribution in [0.4, 0.5) is 0 Å². The van der Waals surface area contributed by atoms with Crippen molar-refractivity contribution in [2.45, 2.75) is 12.5 Å². The fraction of sp³-hybridized carbons (Fsp3) is 0.143. The molecule has 2 heteroatoms. The van der Waals surface area contributed by atoms with Crippen LogP contribution < -0.4 is 11.5 Å². The van der Waals surface area contributed by atoms with Gasteiger partial charge in [-0.25, -0.2) is 0 Å². The van der Waals surface area contributed by atoms with Crippen molar-refractivity contribution in [1.29, 1.82) is 0 Å². The highest BCUT2D eigenvalue weighted by molar-refractivity contribution is 5.26. The van der Waals surface area contributed by atoms with Crippen molar-refractivity contribution in [2.75, 3.05) is 0 Å². The Kier molecular flexibility index (Phi) is 5.09. The molecule has 0 spiro atoms. The van der Waals surface area contributed by atoms with Gasteiger partial charge in [0.05, 0.1) is 0 Å². The van der Waals surface area contributed by atoms with Crippen LogP contribution in [-0.4, -0.2) is 0 Å². The lowest BCUT2D eigenvalue weighted by Gasteiger charge is -2.12. The third kappa shape index (κ3) is 3.75. The van der Waals surface area contributed by atoms with Crippen molar-refractivity contribution in [1.82, 2.24) is 0 Å². The molecule has 0 amide bonds. The molecule has 0 fully saturated rings. The molecule has 1 atom stereocenters. The van der Waals surface area contributed by atoms with E-state index in [1.165, 1.54) is 0 Å². The van der Waals surface area contributed by atoms with Crippen LogP contribution in [0.1, 0.15) is 18.0 Å². The van der Waals surface area contributed by atoms with Crippen LogP contribution in [0.2, 0.25) is 0 Å². The minimum Gasteiger partial charge on any atom is -0.404 e. The second kappa shape index (κ2) is 6.64. The zero-order valence-corrected chi connectivity index (χ0v) is 9.34. The molecule has 0 aliphatic carbocycles. The molecule has 0 unspecified atom stereocenters. The monoisotopic (exact) mass is 214 g/mol. The van der Waals surface area contributed by atoms with Crippen molar-refractivity contribution >= 4 is 0 Å². The molecule has 1 aromatic carbocycles. The Labute approximate surface area is 97.0 Å². The van der Waals surface area contributed by atoms with Gasteiger partial charge in [-0.1, -0.05) is 55.1 Å². The first-order valence-corrected chi connectivity index (χ1v) is 5.28. The predicted molar refractivity (Wildman–Crippen MR) is 69.6 cm³/mol. The lowest BCUT2D eigenvalue weighted by atomic mass is 10.00. The summed E-state index contributed by atoms with van der Waals surface area (Å²) in [5.74, 6) is 0. The van der Waals surface area contributed by atoms with Crippen LogP contribution in [0.5, 0.6) is 0 Å². The molecule has 1 aromatic rings. The second-order valence-corrected chi connectivity index (χ2v) is 3.56. The Morgan fingerprint density at radius 2 is 2.00 bits per heavy atom. The molecule has 0 heterocycles. The van der Waals surface area contributed by atoms with E-state index in [1.54, 1.807) is 12.3 Å². The topological polar surface area (TPSA) is 52.0 Å². The van der Waals surface area contributed by atoms with Gasteiger partial charge >= 0.3 is 0 Å². The van der Waals surface area contributed by atoms with Crippen LogP contribution in [0, 0.1) is 0 Å². The largest absolute Gasteiger partial charge is 0.404 e. The highest BCUT2D eigenvalue weighted by Gasteiger charge is 2.06. The van der Waals surface area contributed by atoms with Crippen molar-refractivity contribution in [2.24, 2.45) is 11.5 Å². The van der Waals surface area contributed by atoms with E-state index in [0.29, 0.717) is 0 Å².